The Bertz CT molecular complexity index is 338. The first kappa shape index (κ1) is 21.2. The number of nitrogens with zero attached hydrogens (tertiary/aromatic N) is 1. The van der Waals surface area contributed by atoms with Crippen molar-refractivity contribution in [3.05, 3.63) is 0 Å². The van der Waals surface area contributed by atoms with Crippen molar-refractivity contribution in [2.75, 3.05) is 59.8 Å². The molecule has 1 aliphatic heterocycles. The number of alkyl carbamates (subject to hydrolysis) is 1. The van der Waals surface area contributed by atoms with Crippen molar-refractivity contribution in [2.45, 2.75) is 45.3 Å². The van der Waals surface area contributed by atoms with Crippen molar-refractivity contribution in [2.24, 2.45) is 0 Å². The Kier molecular flexibility index (Phi) is 10.2. The Morgan fingerprint density at radius 3 is 2.21 bits per heavy atom. The van der Waals surface area contributed by atoms with E-state index in [1.54, 1.807) is 7.11 Å². The number of nitrogens with one attached hydrogen (secondary N) is 1. The Morgan fingerprint density at radius 1 is 1.04 bits per heavy atom. The maximum atomic E-state index is 11.8. The maximum absolute atomic E-state index is 11.8. The van der Waals surface area contributed by atoms with E-state index in [0.29, 0.717) is 33.0 Å². The van der Waals surface area contributed by atoms with Gasteiger partial charge >= 0.3 is 6.09 Å². The fourth-order valence-corrected chi connectivity index (χ4v) is 2.43. The number of rotatable bonds is 10. The van der Waals surface area contributed by atoms with E-state index in [-0.39, 0.29) is 12.1 Å². The van der Waals surface area contributed by atoms with Crippen LogP contribution in [0, 0.1) is 0 Å². The molecule has 0 spiro atoms. The molecule has 0 radical (unpaired) electrons. The van der Waals surface area contributed by atoms with Gasteiger partial charge in [-0.25, -0.2) is 4.79 Å². The van der Waals surface area contributed by atoms with Crippen molar-refractivity contribution in [3.63, 3.8) is 0 Å². The van der Waals surface area contributed by atoms with Crippen LogP contribution in [0.25, 0.3) is 0 Å². The van der Waals surface area contributed by atoms with Gasteiger partial charge in [0.15, 0.2) is 0 Å². The molecule has 7 heteroatoms. The second kappa shape index (κ2) is 11.6. The minimum atomic E-state index is -0.449. The first-order valence-corrected chi connectivity index (χ1v) is 8.77. The van der Waals surface area contributed by atoms with Crippen LogP contribution in [-0.4, -0.2) is 82.4 Å². The van der Waals surface area contributed by atoms with Crippen LogP contribution in [0.15, 0.2) is 0 Å². The average molecular weight is 346 g/mol. The van der Waals surface area contributed by atoms with E-state index in [1.165, 1.54) is 0 Å². The van der Waals surface area contributed by atoms with Gasteiger partial charge in [0.05, 0.1) is 33.0 Å². The van der Waals surface area contributed by atoms with Gasteiger partial charge in [-0.2, -0.15) is 0 Å². The topological polar surface area (TPSA) is 69.3 Å². The zero-order valence-electron chi connectivity index (χ0n) is 15.6. The van der Waals surface area contributed by atoms with Crippen LogP contribution in [0.1, 0.15) is 33.6 Å². The van der Waals surface area contributed by atoms with Gasteiger partial charge in [0.2, 0.25) is 0 Å². The zero-order valence-corrected chi connectivity index (χ0v) is 15.6. The number of amides is 1. The van der Waals surface area contributed by atoms with Gasteiger partial charge in [-0.05, 0) is 33.6 Å². The number of piperidine rings is 1. The molecule has 0 saturated carbocycles. The minimum Gasteiger partial charge on any atom is -0.444 e. The summed E-state index contributed by atoms with van der Waals surface area (Å²) < 4.78 is 21.1. The van der Waals surface area contributed by atoms with Gasteiger partial charge in [-0.15, -0.1) is 0 Å². The third-order valence-corrected chi connectivity index (χ3v) is 3.66. The molecule has 1 heterocycles. The highest BCUT2D eigenvalue weighted by molar-refractivity contribution is 5.68. The van der Waals surface area contributed by atoms with Gasteiger partial charge in [0.1, 0.15) is 5.60 Å². The van der Waals surface area contributed by atoms with E-state index >= 15 is 0 Å². The summed E-state index contributed by atoms with van der Waals surface area (Å²) in [6.07, 6.45) is 1.57. The van der Waals surface area contributed by atoms with E-state index in [9.17, 15) is 4.79 Å². The number of hydrogen-bond donors (Lipinski definition) is 1. The summed E-state index contributed by atoms with van der Waals surface area (Å²) in [5, 5.41) is 2.95. The van der Waals surface area contributed by atoms with Gasteiger partial charge in [0.25, 0.3) is 0 Å². The van der Waals surface area contributed by atoms with E-state index in [2.05, 4.69) is 10.2 Å². The van der Waals surface area contributed by atoms with Crippen LogP contribution >= 0.6 is 0 Å². The van der Waals surface area contributed by atoms with E-state index in [1.807, 2.05) is 20.8 Å². The molecule has 0 aromatic carbocycles. The molecular formula is C17H34N2O5. The van der Waals surface area contributed by atoms with Crippen molar-refractivity contribution in [3.8, 4) is 0 Å². The van der Waals surface area contributed by atoms with Crippen molar-refractivity contribution in [1.29, 1.82) is 0 Å². The summed E-state index contributed by atoms with van der Waals surface area (Å²) in [5.74, 6) is 0. The summed E-state index contributed by atoms with van der Waals surface area (Å²) in [4.78, 5) is 14.1. The molecular weight excluding hydrogens is 312 g/mol. The van der Waals surface area contributed by atoms with Crippen LogP contribution in [0.3, 0.4) is 0 Å². The van der Waals surface area contributed by atoms with Crippen molar-refractivity contribution in [1.82, 2.24) is 10.2 Å². The molecule has 1 saturated heterocycles. The SMILES string of the molecule is COCCOCCOCCN1CCC(NC(=O)OC(C)(C)C)CC1. The largest absolute Gasteiger partial charge is 0.444 e. The van der Waals surface area contributed by atoms with Gasteiger partial charge in [0, 0.05) is 32.8 Å². The van der Waals surface area contributed by atoms with Crippen molar-refractivity contribution < 1.29 is 23.7 Å². The van der Waals surface area contributed by atoms with Crippen LogP contribution in [0.5, 0.6) is 0 Å². The third-order valence-electron chi connectivity index (χ3n) is 3.66. The highest BCUT2D eigenvalue weighted by Gasteiger charge is 2.23. The molecule has 1 amide bonds. The second-order valence-electron chi connectivity index (χ2n) is 6.98. The quantitative estimate of drug-likeness (QED) is 0.607. The highest BCUT2D eigenvalue weighted by atomic mass is 16.6. The van der Waals surface area contributed by atoms with E-state index < -0.39 is 5.60 Å². The lowest BCUT2D eigenvalue weighted by Gasteiger charge is -2.32. The molecule has 7 nitrogen and oxygen atoms in total. The Hall–Kier alpha value is -0.890. The smallest absolute Gasteiger partial charge is 0.407 e. The molecule has 0 aromatic heterocycles. The first-order valence-electron chi connectivity index (χ1n) is 8.77. The second-order valence-corrected chi connectivity index (χ2v) is 6.98. The molecule has 0 aliphatic carbocycles. The summed E-state index contributed by atoms with van der Waals surface area (Å²) in [5.41, 5.74) is -0.449. The Morgan fingerprint density at radius 2 is 1.62 bits per heavy atom. The normalized spacial score (nSPS) is 17.0. The van der Waals surface area contributed by atoms with Crippen LogP contribution in [0.4, 0.5) is 4.79 Å². The van der Waals surface area contributed by atoms with Crippen molar-refractivity contribution >= 4 is 6.09 Å². The number of carbonyl (C=O) groups excluding carboxylic acids is 1. The molecule has 0 unspecified atom stereocenters. The predicted octanol–water partition coefficient (Wildman–Crippen LogP) is 1.66. The summed E-state index contributed by atoms with van der Waals surface area (Å²) >= 11 is 0. The van der Waals surface area contributed by atoms with Crippen LogP contribution < -0.4 is 5.32 Å². The summed E-state index contributed by atoms with van der Waals surface area (Å²) in [6, 6.07) is 0.200. The standard InChI is InChI=1S/C17H34N2O5/c1-17(2,3)24-16(20)18-15-5-7-19(8-6-15)9-10-22-13-14-23-12-11-21-4/h15H,5-14H2,1-4H3,(H,18,20). The van der Waals surface area contributed by atoms with Crippen LogP contribution in [-0.2, 0) is 18.9 Å². The molecule has 0 bridgehead atoms. The monoisotopic (exact) mass is 346 g/mol. The number of hydrogen-bond acceptors (Lipinski definition) is 6. The molecule has 1 N–H and O–H groups in total. The lowest BCUT2D eigenvalue weighted by atomic mass is 10.1. The van der Waals surface area contributed by atoms with E-state index in [0.717, 1.165) is 32.5 Å². The van der Waals surface area contributed by atoms with Gasteiger partial charge < -0.3 is 29.2 Å². The lowest BCUT2D eigenvalue weighted by Crippen LogP contribution is -2.46. The molecule has 0 aromatic rings. The zero-order chi connectivity index (χ0) is 17.8. The third kappa shape index (κ3) is 10.8. The summed E-state index contributed by atoms with van der Waals surface area (Å²) in [7, 11) is 1.66. The van der Waals surface area contributed by atoms with Gasteiger partial charge in [-0.3, -0.25) is 0 Å². The summed E-state index contributed by atoms with van der Waals surface area (Å²) in [6.45, 7) is 11.6. The number of carbonyl (C=O) groups is 1. The highest BCUT2D eigenvalue weighted by Crippen LogP contribution is 2.12. The molecule has 1 fully saturated rings. The minimum absolute atomic E-state index is 0.200. The molecule has 0 atom stereocenters. The number of likely N-dealkylation sites (tertiary alicyclic amines) is 1. The fourth-order valence-electron chi connectivity index (χ4n) is 2.43. The Balaban J connectivity index is 2.00. The maximum Gasteiger partial charge on any atom is 0.407 e. The molecule has 1 aliphatic rings. The lowest BCUT2D eigenvalue weighted by molar-refractivity contribution is 0.0173. The average Bonchev–Trinajstić information content (AvgIpc) is 2.49. The molecule has 1 rings (SSSR count). The number of ether oxygens (including phenoxy) is 4. The fraction of sp³-hybridized carbons (Fsp3) is 0.941. The van der Waals surface area contributed by atoms with Crippen LogP contribution in [0.2, 0.25) is 0 Å². The first-order chi connectivity index (χ1) is 11.4. The number of methoxy groups -OCH3 is 1. The van der Waals surface area contributed by atoms with E-state index in [4.69, 9.17) is 18.9 Å². The molecule has 142 valence electrons. The predicted molar refractivity (Wildman–Crippen MR) is 92.3 cm³/mol. The Labute approximate surface area is 145 Å². The molecule has 24 heavy (non-hydrogen) atoms. The van der Waals surface area contributed by atoms with Gasteiger partial charge in [-0.1, -0.05) is 0 Å².